The molecule has 0 aliphatic rings. The monoisotopic (exact) mass is 424 g/mol. The van der Waals surface area contributed by atoms with Gasteiger partial charge in [-0.2, -0.15) is 0 Å². The number of phenols is 1. The Morgan fingerprint density at radius 1 is 0.742 bits per heavy atom. The molecular formula is C28H40O3. The number of rotatable bonds is 17. The van der Waals surface area contributed by atoms with Crippen molar-refractivity contribution in [3.63, 3.8) is 0 Å². The van der Waals surface area contributed by atoms with Crippen molar-refractivity contribution in [3.8, 4) is 11.5 Å². The van der Waals surface area contributed by atoms with Gasteiger partial charge in [0, 0.05) is 11.6 Å². The van der Waals surface area contributed by atoms with E-state index in [0.717, 1.165) is 6.42 Å². The van der Waals surface area contributed by atoms with Gasteiger partial charge in [0.25, 0.3) is 0 Å². The maximum atomic E-state index is 12.5. The Kier molecular flexibility index (Phi) is 12.5. The van der Waals surface area contributed by atoms with E-state index in [9.17, 15) is 9.90 Å². The lowest BCUT2D eigenvalue weighted by Crippen LogP contribution is -2.02. The highest BCUT2D eigenvalue weighted by Crippen LogP contribution is 2.26. The number of carbonyl (C=O) groups excluding carboxylic acids is 1. The molecule has 2 aromatic carbocycles. The first-order valence-electron chi connectivity index (χ1n) is 12.3. The van der Waals surface area contributed by atoms with Gasteiger partial charge in [0.1, 0.15) is 11.5 Å². The van der Waals surface area contributed by atoms with E-state index in [0.29, 0.717) is 23.5 Å². The summed E-state index contributed by atoms with van der Waals surface area (Å²) in [6.45, 7) is 2.91. The highest BCUT2D eigenvalue weighted by molar-refractivity contribution is 6.10. The fraction of sp³-hybridized carbons (Fsp3) is 0.536. The van der Waals surface area contributed by atoms with Crippen molar-refractivity contribution in [3.05, 3.63) is 59.7 Å². The van der Waals surface area contributed by atoms with E-state index in [1.807, 2.05) is 18.2 Å². The molecule has 0 fully saturated rings. The quantitative estimate of drug-likeness (QED) is 0.206. The molecule has 0 aromatic heterocycles. The lowest BCUT2D eigenvalue weighted by atomic mass is 10.0. The Morgan fingerprint density at radius 3 is 1.84 bits per heavy atom. The molecule has 0 radical (unpaired) electrons. The molecule has 0 amide bonds. The number of hydrogen-bond acceptors (Lipinski definition) is 3. The van der Waals surface area contributed by atoms with E-state index in [1.54, 1.807) is 30.3 Å². The van der Waals surface area contributed by atoms with Crippen molar-refractivity contribution in [2.45, 2.75) is 90.4 Å². The van der Waals surface area contributed by atoms with Crippen LogP contribution in [0.15, 0.2) is 48.5 Å². The van der Waals surface area contributed by atoms with Crippen LogP contribution < -0.4 is 4.74 Å². The molecule has 2 rings (SSSR count). The third-order valence-electron chi connectivity index (χ3n) is 5.77. The summed E-state index contributed by atoms with van der Waals surface area (Å²) in [7, 11) is 0. The number of ketones is 1. The highest BCUT2D eigenvalue weighted by Gasteiger charge is 2.13. The van der Waals surface area contributed by atoms with Crippen molar-refractivity contribution in [2.75, 3.05) is 6.61 Å². The number of unbranched alkanes of at least 4 members (excludes halogenated alkanes) is 12. The molecule has 0 atom stereocenters. The molecule has 0 saturated heterocycles. The molecule has 2 aromatic rings. The predicted molar refractivity (Wildman–Crippen MR) is 129 cm³/mol. The molecule has 0 aliphatic carbocycles. The smallest absolute Gasteiger partial charge is 0.196 e. The van der Waals surface area contributed by atoms with Gasteiger partial charge in [0.2, 0.25) is 0 Å². The molecule has 0 saturated carbocycles. The number of benzene rings is 2. The third kappa shape index (κ3) is 10.0. The van der Waals surface area contributed by atoms with E-state index < -0.39 is 0 Å². The van der Waals surface area contributed by atoms with Crippen LogP contribution in [-0.2, 0) is 0 Å². The van der Waals surface area contributed by atoms with Crippen LogP contribution in [0, 0.1) is 0 Å². The maximum absolute atomic E-state index is 12.5. The molecule has 31 heavy (non-hydrogen) atoms. The fourth-order valence-corrected chi connectivity index (χ4v) is 3.85. The zero-order chi connectivity index (χ0) is 22.2. The minimum atomic E-state index is -0.179. The Hall–Kier alpha value is -2.29. The molecule has 0 bridgehead atoms. The van der Waals surface area contributed by atoms with Crippen molar-refractivity contribution < 1.29 is 14.6 Å². The van der Waals surface area contributed by atoms with Crippen molar-refractivity contribution >= 4 is 5.78 Å². The second-order valence-corrected chi connectivity index (χ2v) is 8.47. The Balaban J connectivity index is 1.52. The van der Waals surface area contributed by atoms with Crippen LogP contribution >= 0.6 is 0 Å². The van der Waals surface area contributed by atoms with E-state index in [2.05, 4.69) is 6.92 Å². The first-order chi connectivity index (χ1) is 15.2. The Bertz CT molecular complexity index is 739. The zero-order valence-electron chi connectivity index (χ0n) is 19.3. The van der Waals surface area contributed by atoms with Crippen LogP contribution in [0.5, 0.6) is 11.5 Å². The van der Waals surface area contributed by atoms with E-state index in [4.69, 9.17) is 4.74 Å². The van der Waals surface area contributed by atoms with E-state index in [1.165, 1.54) is 77.0 Å². The summed E-state index contributed by atoms with van der Waals surface area (Å²) in [6.07, 6.45) is 17.2. The number of carbonyl (C=O) groups is 1. The average Bonchev–Trinajstić information content (AvgIpc) is 2.79. The summed E-state index contributed by atoms with van der Waals surface area (Å²) < 4.78 is 5.76. The lowest BCUT2D eigenvalue weighted by molar-refractivity contribution is 0.103. The SMILES string of the molecule is CCCCCCCCCCCCCCCOc1ccc(C(=O)c2ccccc2)c(O)c1. The Morgan fingerprint density at radius 2 is 1.29 bits per heavy atom. The molecule has 170 valence electrons. The molecular weight excluding hydrogens is 384 g/mol. The fourth-order valence-electron chi connectivity index (χ4n) is 3.85. The van der Waals surface area contributed by atoms with Gasteiger partial charge in [-0.3, -0.25) is 4.79 Å². The first-order valence-corrected chi connectivity index (χ1v) is 12.3. The van der Waals surface area contributed by atoms with Crippen LogP contribution in [0.25, 0.3) is 0 Å². The molecule has 3 nitrogen and oxygen atoms in total. The van der Waals surface area contributed by atoms with Crippen molar-refractivity contribution in [2.24, 2.45) is 0 Å². The van der Waals surface area contributed by atoms with Gasteiger partial charge >= 0.3 is 0 Å². The largest absolute Gasteiger partial charge is 0.507 e. The van der Waals surface area contributed by atoms with Gasteiger partial charge in [-0.1, -0.05) is 114 Å². The molecule has 1 N–H and O–H groups in total. The predicted octanol–water partition coefficient (Wildman–Crippen LogP) is 8.09. The van der Waals surface area contributed by atoms with Gasteiger partial charge in [-0.15, -0.1) is 0 Å². The van der Waals surface area contributed by atoms with E-state index in [-0.39, 0.29) is 11.5 Å². The second-order valence-electron chi connectivity index (χ2n) is 8.47. The number of hydrogen-bond donors (Lipinski definition) is 1. The standard InChI is InChI=1S/C28H40O3/c1-2-3-4-5-6-7-8-9-10-11-12-13-17-22-31-25-20-21-26(27(29)23-25)28(30)24-18-15-14-16-19-24/h14-16,18-21,23,29H,2-13,17,22H2,1H3. The number of ether oxygens (including phenoxy) is 1. The summed E-state index contributed by atoms with van der Waals surface area (Å²) in [5.74, 6) is 0.402. The summed E-state index contributed by atoms with van der Waals surface area (Å²) >= 11 is 0. The van der Waals surface area contributed by atoms with E-state index >= 15 is 0 Å². The maximum Gasteiger partial charge on any atom is 0.196 e. The molecule has 0 spiro atoms. The first kappa shape index (κ1) is 25.0. The summed E-state index contributed by atoms with van der Waals surface area (Å²) in [5.41, 5.74) is 0.873. The molecule has 3 heteroatoms. The minimum absolute atomic E-state index is 0.0308. The normalized spacial score (nSPS) is 10.9. The topological polar surface area (TPSA) is 46.5 Å². The zero-order valence-corrected chi connectivity index (χ0v) is 19.3. The molecule has 0 heterocycles. The Labute approximate surface area is 188 Å². The van der Waals surface area contributed by atoms with Crippen LogP contribution in [0.2, 0.25) is 0 Å². The summed E-state index contributed by atoms with van der Waals surface area (Å²) in [6, 6.07) is 13.9. The van der Waals surface area contributed by atoms with Crippen LogP contribution in [0.4, 0.5) is 0 Å². The van der Waals surface area contributed by atoms with Crippen LogP contribution in [0.3, 0.4) is 0 Å². The van der Waals surface area contributed by atoms with Gasteiger partial charge in [-0.25, -0.2) is 0 Å². The van der Waals surface area contributed by atoms with Gasteiger partial charge in [-0.05, 0) is 18.6 Å². The van der Waals surface area contributed by atoms with Crippen molar-refractivity contribution in [1.82, 2.24) is 0 Å². The number of aromatic hydroxyl groups is 1. The molecule has 0 unspecified atom stereocenters. The number of phenolic OH excluding ortho intramolecular Hbond substituents is 1. The van der Waals surface area contributed by atoms with Gasteiger partial charge in [0.05, 0.1) is 12.2 Å². The highest BCUT2D eigenvalue weighted by atomic mass is 16.5. The van der Waals surface area contributed by atoms with Crippen molar-refractivity contribution in [1.29, 1.82) is 0 Å². The molecule has 0 aliphatic heterocycles. The summed E-state index contributed by atoms with van der Waals surface area (Å²) in [5, 5.41) is 10.2. The summed E-state index contributed by atoms with van der Waals surface area (Å²) in [4.78, 5) is 12.5. The minimum Gasteiger partial charge on any atom is -0.507 e. The third-order valence-corrected chi connectivity index (χ3v) is 5.77. The average molecular weight is 425 g/mol. The lowest BCUT2D eigenvalue weighted by Gasteiger charge is -2.09. The van der Waals surface area contributed by atoms with Crippen LogP contribution in [-0.4, -0.2) is 17.5 Å². The van der Waals surface area contributed by atoms with Crippen LogP contribution in [0.1, 0.15) is 106 Å². The second kappa shape index (κ2) is 15.5. The van der Waals surface area contributed by atoms with Gasteiger partial charge < -0.3 is 9.84 Å². The van der Waals surface area contributed by atoms with Gasteiger partial charge in [0.15, 0.2) is 5.78 Å².